The maximum absolute atomic E-state index is 9.22. The van der Waals surface area contributed by atoms with E-state index in [0.29, 0.717) is 0 Å². The lowest BCUT2D eigenvalue weighted by atomic mass is 10.1. The highest BCUT2D eigenvalue weighted by Gasteiger charge is 1.93. The van der Waals surface area contributed by atoms with Crippen LogP contribution in [0.1, 0.15) is 116 Å². The minimum Gasteiger partial charge on any atom is -0.377 e. The van der Waals surface area contributed by atoms with Crippen LogP contribution in [0.2, 0.25) is 0 Å². The first kappa shape index (κ1) is 32.0. The van der Waals surface area contributed by atoms with Crippen molar-refractivity contribution in [2.75, 3.05) is 0 Å². The molecule has 0 aromatic heterocycles. The Kier molecular flexibility index (Phi) is 25.6. The van der Waals surface area contributed by atoms with E-state index in [9.17, 15) is 10.2 Å². The van der Waals surface area contributed by atoms with Crippen molar-refractivity contribution in [3.8, 4) is 24.7 Å². The number of hydrogen-bond acceptors (Lipinski definition) is 2. The topological polar surface area (TPSA) is 40.5 Å². The predicted octanol–water partition coefficient (Wildman–Crippen LogP) is 8.22. The molecule has 0 fully saturated rings. The third-order valence-electron chi connectivity index (χ3n) is 5.79. The molecule has 0 amide bonds. The van der Waals surface area contributed by atoms with E-state index in [2.05, 4.69) is 36.1 Å². The Morgan fingerprint density at radius 2 is 0.647 bits per heavy atom. The molecule has 0 aliphatic heterocycles. The number of aliphatic hydroxyl groups is 2. The Bertz CT molecular complexity index is 626. The zero-order chi connectivity index (χ0) is 25.0. The molecule has 0 saturated heterocycles. The van der Waals surface area contributed by atoms with E-state index in [0.717, 1.165) is 19.3 Å². The summed E-state index contributed by atoms with van der Waals surface area (Å²) in [5.74, 6) is 4.57. The third kappa shape index (κ3) is 26.3. The van der Waals surface area contributed by atoms with Crippen LogP contribution in [-0.4, -0.2) is 22.4 Å². The lowest BCUT2D eigenvalue weighted by molar-refractivity contribution is 0.280. The minimum absolute atomic E-state index is 0.723. The molecule has 190 valence electrons. The predicted molar refractivity (Wildman–Crippen MR) is 149 cm³/mol. The fourth-order valence-corrected chi connectivity index (χ4v) is 3.67. The Labute approximate surface area is 211 Å². The molecule has 0 rings (SSSR count). The van der Waals surface area contributed by atoms with Gasteiger partial charge in [-0.15, -0.1) is 12.8 Å². The molecular formula is C32H50O2. The van der Waals surface area contributed by atoms with Crippen LogP contribution in [-0.2, 0) is 0 Å². The molecule has 2 atom stereocenters. The van der Waals surface area contributed by atoms with E-state index in [1.807, 2.05) is 12.2 Å². The second-order valence-corrected chi connectivity index (χ2v) is 9.00. The SMILES string of the molecule is C#CC(O)C=CCCCCCC=CCCCCC=CCCCCCCCCCC=CC(O)C#C. The fourth-order valence-electron chi connectivity index (χ4n) is 3.67. The summed E-state index contributed by atoms with van der Waals surface area (Å²) in [5.41, 5.74) is 0. The zero-order valence-corrected chi connectivity index (χ0v) is 21.6. The average Bonchev–Trinajstić information content (AvgIpc) is 2.85. The molecule has 0 aliphatic carbocycles. The van der Waals surface area contributed by atoms with E-state index in [-0.39, 0.29) is 0 Å². The van der Waals surface area contributed by atoms with E-state index < -0.39 is 12.2 Å². The van der Waals surface area contributed by atoms with Crippen LogP contribution in [0.3, 0.4) is 0 Å². The number of aliphatic hydroxyl groups excluding tert-OH is 2. The van der Waals surface area contributed by atoms with Gasteiger partial charge in [-0.25, -0.2) is 0 Å². The summed E-state index contributed by atoms with van der Waals surface area (Å²) in [6.07, 6.45) is 47.7. The number of terminal acetylenes is 2. The minimum atomic E-state index is -0.730. The van der Waals surface area contributed by atoms with Crippen molar-refractivity contribution >= 4 is 0 Å². The van der Waals surface area contributed by atoms with Crippen molar-refractivity contribution in [2.24, 2.45) is 0 Å². The lowest BCUT2D eigenvalue weighted by Gasteiger charge is -2.00. The van der Waals surface area contributed by atoms with E-state index in [1.165, 1.54) is 96.3 Å². The Morgan fingerprint density at radius 3 is 0.971 bits per heavy atom. The Balaban J connectivity index is 3.27. The first-order valence-corrected chi connectivity index (χ1v) is 13.6. The van der Waals surface area contributed by atoms with Crippen LogP contribution in [0.25, 0.3) is 0 Å². The van der Waals surface area contributed by atoms with Gasteiger partial charge < -0.3 is 10.2 Å². The Hall–Kier alpha value is -2.00. The Morgan fingerprint density at radius 1 is 0.412 bits per heavy atom. The zero-order valence-electron chi connectivity index (χ0n) is 21.6. The molecule has 0 spiro atoms. The summed E-state index contributed by atoms with van der Waals surface area (Å²) in [6, 6.07) is 0. The van der Waals surface area contributed by atoms with Crippen LogP contribution in [0.5, 0.6) is 0 Å². The van der Waals surface area contributed by atoms with Crippen LogP contribution < -0.4 is 0 Å². The van der Waals surface area contributed by atoms with Gasteiger partial charge in [-0.3, -0.25) is 0 Å². The molecule has 34 heavy (non-hydrogen) atoms. The second-order valence-electron chi connectivity index (χ2n) is 9.00. The molecule has 0 radical (unpaired) electrons. The van der Waals surface area contributed by atoms with Crippen molar-refractivity contribution < 1.29 is 10.2 Å². The van der Waals surface area contributed by atoms with E-state index >= 15 is 0 Å². The first-order valence-electron chi connectivity index (χ1n) is 13.6. The van der Waals surface area contributed by atoms with Crippen LogP contribution in [0.4, 0.5) is 0 Å². The van der Waals surface area contributed by atoms with Crippen molar-refractivity contribution in [3.05, 3.63) is 48.6 Å². The maximum atomic E-state index is 9.22. The van der Waals surface area contributed by atoms with Crippen molar-refractivity contribution in [1.82, 2.24) is 0 Å². The van der Waals surface area contributed by atoms with Gasteiger partial charge in [-0.05, 0) is 89.2 Å². The van der Waals surface area contributed by atoms with E-state index in [4.69, 9.17) is 12.8 Å². The number of hydrogen-bond donors (Lipinski definition) is 2. The maximum Gasteiger partial charge on any atom is 0.133 e. The number of allylic oxidation sites excluding steroid dienone is 6. The average molecular weight is 467 g/mol. The number of unbranched alkanes of at least 4 members (excludes halogenated alkanes) is 15. The van der Waals surface area contributed by atoms with Crippen LogP contribution >= 0.6 is 0 Å². The van der Waals surface area contributed by atoms with Gasteiger partial charge in [0, 0.05) is 0 Å². The summed E-state index contributed by atoms with van der Waals surface area (Å²) < 4.78 is 0. The fraction of sp³-hybridized carbons (Fsp3) is 0.625. The van der Waals surface area contributed by atoms with Gasteiger partial charge in [0.1, 0.15) is 12.2 Å². The normalized spacial score (nSPS) is 13.8. The second kappa shape index (κ2) is 27.2. The van der Waals surface area contributed by atoms with Gasteiger partial charge in [-0.1, -0.05) is 86.8 Å². The smallest absolute Gasteiger partial charge is 0.133 e. The molecule has 0 aromatic carbocycles. The summed E-state index contributed by atoms with van der Waals surface area (Å²) in [6.45, 7) is 0. The van der Waals surface area contributed by atoms with Gasteiger partial charge in [-0.2, -0.15) is 0 Å². The van der Waals surface area contributed by atoms with Crippen molar-refractivity contribution in [3.63, 3.8) is 0 Å². The molecule has 2 unspecified atom stereocenters. The highest BCUT2D eigenvalue weighted by atomic mass is 16.3. The summed E-state index contributed by atoms with van der Waals surface area (Å²) in [7, 11) is 0. The molecule has 0 aromatic rings. The third-order valence-corrected chi connectivity index (χ3v) is 5.79. The summed E-state index contributed by atoms with van der Waals surface area (Å²) in [4.78, 5) is 0. The monoisotopic (exact) mass is 466 g/mol. The van der Waals surface area contributed by atoms with Crippen LogP contribution in [0.15, 0.2) is 48.6 Å². The van der Waals surface area contributed by atoms with Crippen molar-refractivity contribution in [2.45, 2.75) is 128 Å². The molecule has 2 N–H and O–H groups in total. The molecular weight excluding hydrogens is 416 g/mol. The molecule has 0 aliphatic rings. The van der Waals surface area contributed by atoms with Crippen LogP contribution in [0, 0.1) is 24.7 Å². The largest absolute Gasteiger partial charge is 0.377 e. The lowest BCUT2D eigenvalue weighted by Crippen LogP contribution is -1.95. The summed E-state index contributed by atoms with van der Waals surface area (Å²) in [5, 5.41) is 18.4. The summed E-state index contributed by atoms with van der Waals surface area (Å²) >= 11 is 0. The van der Waals surface area contributed by atoms with Gasteiger partial charge in [0.05, 0.1) is 0 Å². The quantitative estimate of drug-likeness (QED) is 0.0904. The van der Waals surface area contributed by atoms with Gasteiger partial charge in [0.15, 0.2) is 0 Å². The molecule has 0 heterocycles. The number of rotatable bonds is 23. The molecule has 2 heteroatoms. The van der Waals surface area contributed by atoms with Gasteiger partial charge in [0.25, 0.3) is 0 Å². The van der Waals surface area contributed by atoms with Gasteiger partial charge in [0.2, 0.25) is 0 Å². The molecule has 0 bridgehead atoms. The van der Waals surface area contributed by atoms with Crippen molar-refractivity contribution in [1.29, 1.82) is 0 Å². The molecule has 2 nitrogen and oxygen atoms in total. The molecule has 0 saturated carbocycles. The standard InChI is InChI=1S/C32H50O2/c1-3-31(33)29-27-25-23-21-19-17-15-13-11-9-7-5-6-8-10-12-14-16-18-20-22-24-26-28-30-32(34)4-2/h1-2,5,7,14,16,27-34H,6,8-13,15,17-26H2. The highest BCUT2D eigenvalue weighted by Crippen LogP contribution is 2.11. The van der Waals surface area contributed by atoms with Gasteiger partial charge >= 0.3 is 0 Å². The van der Waals surface area contributed by atoms with E-state index in [1.54, 1.807) is 12.2 Å². The highest BCUT2D eigenvalue weighted by molar-refractivity contribution is 5.06. The first-order chi connectivity index (χ1) is 16.7.